The van der Waals surface area contributed by atoms with Gasteiger partial charge in [0.2, 0.25) is 0 Å². The average Bonchev–Trinajstić information content (AvgIpc) is 3.18. The minimum absolute atomic E-state index is 0. The summed E-state index contributed by atoms with van der Waals surface area (Å²) in [6, 6.07) is 4.79. The van der Waals surface area contributed by atoms with Gasteiger partial charge in [0.15, 0.2) is 5.96 Å². The van der Waals surface area contributed by atoms with Gasteiger partial charge in [-0.3, -0.25) is 4.99 Å². The number of rotatable bonds is 5. The van der Waals surface area contributed by atoms with E-state index in [2.05, 4.69) is 55.5 Å². The number of hydrogen-bond acceptors (Lipinski definition) is 3. The van der Waals surface area contributed by atoms with Crippen LogP contribution in [0.1, 0.15) is 32.1 Å². The van der Waals surface area contributed by atoms with Gasteiger partial charge in [0.05, 0.1) is 6.10 Å². The second-order valence-corrected chi connectivity index (χ2v) is 8.27. The first-order chi connectivity index (χ1) is 11.0. The van der Waals surface area contributed by atoms with Gasteiger partial charge in [-0.15, -0.1) is 35.3 Å². The summed E-state index contributed by atoms with van der Waals surface area (Å²) in [5.74, 6) is 1.67. The van der Waals surface area contributed by atoms with Gasteiger partial charge in [-0.1, -0.05) is 19.9 Å². The molecule has 1 saturated carbocycles. The maximum absolute atomic E-state index is 5.90. The fourth-order valence-corrected chi connectivity index (χ4v) is 4.72. The molecule has 136 valence electrons. The quantitative estimate of drug-likeness (QED) is 0.412. The number of halogens is 1. The zero-order chi connectivity index (χ0) is 16.4. The van der Waals surface area contributed by atoms with Crippen molar-refractivity contribution < 1.29 is 4.74 Å². The lowest BCUT2D eigenvalue weighted by Crippen LogP contribution is -2.68. The molecule has 0 amide bonds. The summed E-state index contributed by atoms with van der Waals surface area (Å²) >= 11 is 1.83. The third-order valence-electron chi connectivity index (χ3n) is 5.33. The van der Waals surface area contributed by atoms with Crippen molar-refractivity contribution in [3.05, 3.63) is 22.4 Å². The highest BCUT2D eigenvalue weighted by Crippen LogP contribution is 2.52. The van der Waals surface area contributed by atoms with E-state index in [0.717, 1.165) is 32.1 Å². The normalized spacial score (nSPS) is 27.8. The number of guanidine groups is 1. The van der Waals surface area contributed by atoms with Crippen LogP contribution in [0.5, 0.6) is 0 Å². The molecule has 1 N–H and O–H groups in total. The van der Waals surface area contributed by atoms with Gasteiger partial charge in [-0.2, -0.15) is 0 Å². The van der Waals surface area contributed by atoms with Crippen LogP contribution >= 0.6 is 35.3 Å². The molecule has 2 fully saturated rings. The summed E-state index contributed by atoms with van der Waals surface area (Å²) in [5.41, 5.74) is 0.185. The smallest absolute Gasteiger partial charge is 0.193 e. The van der Waals surface area contributed by atoms with Crippen molar-refractivity contribution in [1.82, 2.24) is 10.2 Å². The lowest BCUT2D eigenvalue weighted by Gasteiger charge is -2.55. The number of fused-ring (bicyclic) bond motifs is 1. The van der Waals surface area contributed by atoms with Gasteiger partial charge in [0.1, 0.15) is 0 Å². The maximum Gasteiger partial charge on any atom is 0.193 e. The van der Waals surface area contributed by atoms with Crippen LogP contribution in [0.4, 0.5) is 0 Å². The minimum atomic E-state index is 0. The topological polar surface area (TPSA) is 36.9 Å². The first-order valence-corrected chi connectivity index (χ1v) is 9.58. The molecular formula is C18H30IN3OS. The molecule has 0 spiro atoms. The fourth-order valence-electron chi connectivity index (χ4n) is 4.02. The summed E-state index contributed by atoms with van der Waals surface area (Å²) in [4.78, 5) is 8.42. The number of nitrogens with zero attached hydrogens (tertiary/aromatic N) is 2. The van der Waals surface area contributed by atoms with Crippen molar-refractivity contribution in [3.8, 4) is 0 Å². The van der Waals surface area contributed by atoms with Gasteiger partial charge in [0.25, 0.3) is 0 Å². The molecule has 0 aromatic carbocycles. The second kappa shape index (κ2) is 8.36. The highest BCUT2D eigenvalue weighted by atomic mass is 127. The van der Waals surface area contributed by atoms with Crippen molar-refractivity contribution >= 4 is 41.3 Å². The summed E-state index contributed by atoms with van der Waals surface area (Å²) < 4.78 is 5.90. The molecule has 3 atom stereocenters. The van der Waals surface area contributed by atoms with Crippen LogP contribution in [0.15, 0.2) is 22.5 Å². The van der Waals surface area contributed by atoms with Gasteiger partial charge in [-0.25, -0.2) is 0 Å². The van der Waals surface area contributed by atoms with Crippen LogP contribution in [-0.4, -0.2) is 49.7 Å². The molecular weight excluding hydrogens is 433 g/mol. The zero-order valence-corrected chi connectivity index (χ0v) is 18.3. The van der Waals surface area contributed by atoms with E-state index in [4.69, 9.17) is 9.73 Å². The molecule has 0 bridgehead atoms. The van der Waals surface area contributed by atoms with Gasteiger partial charge >= 0.3 is 0 Å². The summed E-state index contributed by atoms with van der Waals surface area (Å²) in [7, 11) is 2.14. The first-order valence-electron chi connectivity index (χ1n) is 8.70. The Balaban J connectivity index is 0.00000208. The highest BCUT2D eigenvalue weighted by Gasteiger charge is 2.59. The third-order valence-corrected chi connectivity index (χ3v) is 6.26. The number of ether oxygens (including phenoxy) is 1. The molecule has 0 radical (unpaired) electrons. The van der Waals surface area contributed by atoms with E-state index in [-0.39, 0.29) is 29.4 Å². The van der Waals surface area contributed by atoms with E-state index in [0.29, 0.717) is 18.1 Å². The lowest BCUT2D eigenvalue weighted by molar-refractivity contribution is -0.107. The largest absolute Gasteiger partial charge is 0.377 e. The number of nitrogens with one attached hydrogen (secondary N) is 1. The van der Waals surface area contributed by atoms with E-state index < -0.39 is 0 Å². The summed E-state index contributed by atoms with van der Waals surface area (Å²) in [6.45, 7) is 9.43. The number of thiophene rings is 1. The Hall–Kier alpha value is -0.340. The van der Waals surface area contributed by atoms with E-state index in [9.17, 15) is 0 Å². The molecule has 3 unspecified atom stereocenters. The van der Waals surface area contributed by atoms with Crippen molar-refractivity contribution in [2.24, 2.45) is 16.3 Å². The molecule has 1 saturated heterocycles. The van der Waals surface area contributed by atoms with Gasteiger partial charge in [0, 0.05) is 49.0 Å². The van der Waals surface area contributed by atoms with Gasteiger partial charge < -0.3 is 15.0 Å². The van der Waals surface area contributed by atoms with E-state index in [1.807, 2.05) is 11.3 Å². The monoisotopic (exact) mass is 463 g/mol. The number of likely N-dealkylation sites (N-methyl/N-ethyl adjacent to an activating group) is 1. The summed E-state index contributed by atoms with van der Waals surface area (Å²) in [5, 5.41) is 5.89. The maximum atomic E-state index is 5.90. The SMILES string of the molecule is CCN=C(NC1C2CCOC2C1(C)C)N(C)CCc1cccs1.I. The third kappa shape index (κ3) is 3.90. The predicted molar refractivity (Wildman–Crippen MR) is 113 cm³/mol. The Labute approximate surface area is 167 Å². The predicted octanol–water partition coefficient (Wildman–Crippen LogP) is 3.62. The van der Waals surface area contributed by atoms with Crippen LogP contribution < -0.4 is 5.32 Å². The van der Waals surface area contributed by atoms with Crippen LogP contribution in [-0.2, 0) is 11.2 Å². The Bertz CT molecular complexity index is 546. The first kappa shape index (κ1) is 20.0. The zero-order valence-electron chi connectivity index (χ0n) is 15.1. The molecule has 2 aliphatic rings. The molecule has 6 heteroatoms. The van der Waals surface area contributed by atoms with Crippen LogP contribution in [0.2, 0.25) is 0 Å². The molecule has 4 nitrogen and oxygen atoms in total. The van der Waals surface area contributed by atoms with Crippen LogP contribution in [0.3, 0.4) is 0 Å². The second-order valence-electron chi connectivity index (χ2n) is 7.24. The molecule has 24 heavy (non-hydrogen) atoms. The highest BCUT2D eigenvalue weighted by molar-refractivity contribution is 14.0. The molecule has 1 aliphatic carbocycles. The molecule has 1 aromatic heterocycles. The van der Waals surface area contributed by atoms with E-state index in [1.165, 1.54) is 11.3 Å². The van der Waals surface area contributed by atoms with E-state index in [1.54, 1.807) is 0 Å². The summed E-state index contributed by atoms with van der Waals surface area (Å²) in [6.07, 6.45) is 2.66. The van der Waals surface area contributed by atoms with E-state index >= 15 is 0 Å². The molecule has 1 aliphatic heterocycles. The Morgan fingerprint density at radius 1 is 1.50 bits per heavy atom. The van der Waals surface area contributed by atoms with Crippen molar-refractivity contribution in [2.75, 3.05) is 26.7 Å². The fraction of sp³-hybridized carbons (Fsp3) is 0.722. The van der Waals surface area contributed by atoms with Crippen LogP contribution in [0, 0.1) is 11.3 Å². The number of hydrogen-bond donors (Lipinski definition) is 1. The Morgan fingerprint density at radius 2 is 2.29 bits per heavy atom. The Kier molecular flexibility index (Phi) is 6.96. The molecule has 2 heterocycles. The van der Waals surface area contributed by atoms with Crippen molar-refractivity contribution in [1.29, 1.82) is 0 Å². The minimum Gasteiger partial charge on any atom is -0.377 e. The van der Waals surface area contributed by atoms with Crippen molar-refractivity contribution in [3.63, 3.8) is 0 Å². The average molecular weight is 463 g/mol. The lowest BCUT2D eigenvalue weighted by atomic mass is 9.57. The molecule has 3 rings (SSSR count). The van der Waals surface area contributed by atoms with Crippen LogP contribution in [0.25, 0.3) is 0 Å². The van der Waals surface area contributed by atoms with Crippen molar-refractivity contribution in [2.45, 2.75) is 45.8 Å². The molecule has 1 aromatic rings. The number of aliphatic imine (C=N–C) groups is 1. The Morgan fingerprint density at radius 3 is 2.96 bits per heavy atom. The van der Waals surface area contributed by atoms with Gasteiger partial charge in [-0.05, 0) is 31.2 Å². The standard InChI is InChI=1S/C18H29N3OS.HI/c1-5-19-17(21(4)10-8-13-7-6-12-23-13)20-15-14-9-11-22-16(14)18(15,2)3;/h6-7,12,14-16H,5,8-11H2,1-4H3,(H,19,20);1H.